The van der Waals surface area contributed by atoms with Crippen molar-refractivity contribution in [2.24, 2.45) is 5.10 Å². The van der Waals surface area contributed by atoms with E-state index in [0.29, 0.717) is 17.9 Å². The molecule has 1 atom stereocenters. The normalized spacial score (nSPS) is 15.8. The third-order valence-corrected chi connectivity index (χ3v) is 5.21. The topological polar surface area (TPSA) is 91.3 Å². The number of methoxy groups -OCH3 is 2. The molecular formula is C21H20BrN2O5-. The molecule has 0 spiro atoms. The number of benzene rings is 2. The number of nitrogens with zero attached hydrogens (tertiary/aromatic N) is 2. The summed E-state index contributed by atoms with van der Waals surface area (Å²) in [7, 11) is 3.10. The number of carboxylic acids is 1. The first kappa shape index (κ1) is 20.9. The van der Waals surface area contributed by atoms with Gasteiger partial charge in [-0.15, -0.1) is 0 Å². The molecule has 152 valence electrons. The first-order chi connectivity index (χ1) is 13.9. The highest BCUT2D eigenvalue weighted by atomic mass is 79.9. The molecule has 0 fully saturated rings. The van der Waals surface area contributed by atoms with Gasteiger partial charge in [-0.1, -0.05) is 34.1 Å². The predicted octanol–water partition coefficient (Wildman–Crippen LogP) is 2.67. The van der Waals surface area contributed by atoms with Crippen molar-refractivity contribution in [2.45, 2.75) is 25.3 Å². The van der Waals surface area contributed by atoms with Crippen LogP contribution in [-0.4, -0.2) is 36.8 Å². The van der Waals surface area contributed by atoms with Gasteiger partial charge in [-0.05, 0) is 41.8 Å². The minimum Gasteiger partial charge on any atom is -0.550 e. The zero-order valence-corrected chi connectivity index (χ0v) is 17.6. The van der Waals surface area contributed by atoms with E-state index < -0.39 is 5.97 Å². The van der Waals surface area contributed by atoms with Gasteiger partial charge in [0.05, 0.1) is 26.0 Å². The van der Waals surface area contributed by atoms with Crippen molar-refractivity contribution in [1.82, 2.24) is 5.01 Å². The van der Waals surface area contributed by atoms with Crippen LogP contribution in [0.4, 0.5) is 0 Å². The Morgan fingerprint density at radius 3 is 2.41 bits per heavy atom. The SMILES string of the molecule is COc1ccc([C@H]2CC(c3ccc(Br)cc3)=NN2C(=O)CCC(=O)[O-])cc1OC. The van der Waals surface area contributed by atoms with Gasteiger partial charge in [0.1, 0.15) is 0 Å². The fourth-order valence-corrected chi connectivity index (χ4v) is 3.46. The first-order valence-corrected chi connectivity index (χ1v) is 9.79. The molecule has 1 heterocycles. The smallest absolute Gasteiger partial charge is 0.243 e. The number of halogens is 1. The maximum absolute atomic E-state index is 12.7. The zero-order valence-electron chi connectivity index (χ0n) is 16.1. The molecule has 1 amide bonds. The van der Waals surface area contributed by atoms with Gasteiger partial charge >= 0.3 is 0 Å². The summed E-state index contributed by atoms with van der Waals surface area (Å²) < 4.78 is 11.6. The van der Waals surface area contributed by atoms with Crippen LogP contribution in [0.2, 0.25) is 0 Å². The summed E-state index contributed by atoms with van der Waals surface area (Å²) in [5, 5.41) is 16.7. The number of aliphatic carboxylic acids is 1. The average Bonchev–Trinajstić information content (AvgIpc) is 3.17. The molecule has 0 aliphatic carbocycles. The molecule has 29 heavy (non-hydrogen) atoms. The summed E-state index contributed by atoms with van der Waals surface area (Å²) in [5.74, 6) is -0.513. The van der Waals surface area contributed by atoms with E-state index in [2.05, 4.69) is 21.0 Å². The van der Waals surface area contributed by atoms with Gasteiger partial charge in [-0.25, -0.2) is 5.01 Å². The van der Waals surface area contributed by atoms with E-state index in [1.807, 2.05) is 36.4 Å². The standard InChI is InChI=1S/C21H21BrN2O5/c1-28-18-8-5-14(11-19(18)29-2)17-12-16(13-3-6-15(22)7-4-13)23-24(17)20(25)9-10-21(26)27/h3-8,11,17H,9-10,12H2,1-2H3,(H,26,27)/p-1/t17-/m1/s1. The summed E-state index contributed by atoms with van der Waals surface area (Å²) >= 11 is 3.41. The molecule has 0 saturated carbocycles. The number of hydrogen-bond donors (Lipinski definition) is 0. The van der Waals surface area contributed by atoms with Crippen LogP contribution in [-0.2, 0) is 9.59 Å². The molecule has 0 N–H and O–H groups in total. The molecule has 2 aromatic rings. The maximum Gasteiger partial charge on any atom is 0.243 e. The number of amides is 1. The van der Waals surface area contributed by atoms with Gasteiger partial charge in [0, 0.05) is 23.3 Å². The molecular weight excluding hydrogens is 440 g/mol. The van der Waals surface area contributed by atoms with Crippen LogP contribution in [0.3, 0.4) is 0 Å². The summed E-state index contributed by atoms with van der Waals surface area (Å²) in [6.07, 6.45) is -0.0332. The second kappa shape index (κ2) is 9.09. The molecule has 2 aromatic carbocycles. The minimum absolute atomic E-state index is 0.177. The second-order valence-electron chi connectivity index (χ2n) is 6.50. The largest absolute Gasteiger partial charge is 0.550 e. The Hall–Kier alpha value is -2.87. The minimum atomic E-state index is -1.27. The molecule has 8 heteroatoms. The summed E-state index contributed by atoms with van der Waals surface area (Å²) in [6, 6.07) is 12.7. The van der Waals surface area contributed by atoms with Crippen LogP contribution in [0.25, 0.3) is 0 Å². The summed E-state index contributed by atoms with van der Waals surface area (Å²) in [6.45, 7) is 0. The molecule has 0 unspecified atom stereocenters. The highest BCUT2D eigenvalue weighted by Crippen LogP contribution is 2.37. The Balaban J connectivity index is 1.94. The second-order valence-corrected chi connectivity index (χ2v) is 7.41. The lowest BCUT2D eigenvalue weighted by atomic mass is 9.98. The van der Waals surface area contributed by atoms with Crippen LogP contribution in [0, 0.1) is 0 Å². The van der Waals surface area contributed by atoms with Crippen LogP contribution in [0.15, 0.2) is 52.0 Å². The van der Waals surface area contributed by atoms with Crippen molar-refractivity contribution in [2.75, 3.05) is 14.2 Å². The molecule has 1 aliphatic rings. The van der Waals surface area contributed by atoms with Crippen molar-refractivity contribution >= 4 is 33.5 Å². The Kier molecular flexibility index (Phi) is 6.53. The molecule has 0 radical (unpaired) electrons. The number of ether oxygens (including phenoxy) is 2. The number of hydrazone groups is 1. The van der Waals surface area contributed by atoms with E-state index in [9.17, 15) is 14.7 Å². The number of carboxylic acid groups (broad SMARTS) is 1. The maximum atomic E-state index is 12.7. The van der Waals surface area contributed by atoms with Gasteiger partial charge in [0.15, 0.2) is 11.5 Å². The Morgan fingerprint density at radius 1 is 1.10 bits per heavy atom. The highest BCUT2D eigenvalue weighted by Gasteiger charge is 2.33. The van der Waals surface area contributed by atoms with Crippen molar-refractivity contribution in [3.63, 3.8) is 0 Å². The number of carbonyl (C=O) groups excluding carboxylic acids is 2. The van der Waals surface area contributed by atoms with Gasteiger partial charge in [0.25, 0.3) is 0 Å². The van der Waals surface area contributed by atoms with Crippen LogP contribution < -0.4 is 14.6 Å². The van der Waals surface area contributed by atoms with E-state index in [1.54, 1.807) is 20.3 Å². The third kappa shape index (κ3) is 4.76. The van der Waals surface area contributed by atoms with Crippen LogP contribution in [0.5, 0.6) is 11.5 Å². The van der Waals surface area contributed by atoms with Crippen LogP contribution in [0.1, 0.15) is 36.4 Å². The fraction of sp³-hybridized carbons (Fsp3) is 0.286. The zero-order chi connectivity index (χ0) is 21.0. The van der Waals surface area contributed by atoms with E-state index >= 15 is 0 Å². The molecule has 3 rings (SSSR count). The molecule has 0 aromatic heterocycles. The first-order valence-electron chi connectivity index (χ1n) is 9.00. The van der Waals surface area contributed by atoms with Crippen molar-refractivity contribution in [1.29, 1.82) is 0 Å². The van der Waals surface area contributed by atoms with Gasteiger partial charge in [0.2, 0.25) is 5.91 Å². The predicted molar refractivity (Wildman–Crippen MR) is 109 cm³/mol. The quantitative estimate of drug-likeness (QED) is 0.634. The highest BCUT2D eigenvalue weighted by molar-refractivity contribution is 9.10. The van der Waals surface area contributed by atoms with Gasteiger partial charge < -0.3 is 19.4 Å². The van der Waals surface area contributed by atoms with E-state index in [-0.39, 0.29) is 24.8 Å². The van der Waals surface area contributed by atoms with Crippen molar-refractivity contribution < 1.29 is 24.2 Å². The lowest BCUT2D eigenvalue weighted by Gasteiger charge is -2.23. The van der Waals surface area contributed by atoms with Gasteiger partial charge in [-0.2, -0.15) is 5.10 Å². The van der Waals surface area contributed by atoms with Crippen LogP contribution >= 0.6 is 15.9 Å². The monoisotopic (exact) mass is 459 g/mol. The van der Waals surface area contributed by atoms with E-state index in [1.165, 1.54) is 5.01 Å². The lowest BCUT2D eigenvalue weighted by molar-refractivity contribution is -0.305. The number of rotatable bonds is 7. The molecule has 0 saturated heterocycles. The van der Waals surface area contributed by atoms with Crippen molar-refractivity contribution in [3.05, 3.63) is 58.1 Å². The Morgan fingerprint density at radius 2 is 1.79 bits per heavy atom. The molecule has 0 bridgehead atoms. The van der Waals surface area contributed by atoms with E-state index in [0.717, 1.165) is 21.3 Å². The van der Waals surface area contributed by atoms with Gasteiger partial charge in [-0.3, -0.25) is 4.79 Å². The molecule has 1 aliphatic heterocycles. The lowest BCUT2D eigenvalue weighted by Crippen LogP contribution is -2.29. The summed E-state index contributed by atoms with van der Waals surface area (Å²) in [4.78, 5) is 23.5. The number of carbonyl (C=O) groups is 2. The molecule has 7 nitrogen and oxygen atoms in total. The Labute approximate surface area is 177 Å². The Bertz CT molecular complexity index is 943. The fourth-order valence-electron chi connectivity index (χ4n) is 3.20. The third-order valence-electron chi connectivity index (χ3n) is 4.68. The van der Waals surface area contributed by atoms with E-state index in [4.69, 9.17) is 9.47 Å². The number of hydrogen-bond acceptors (Lipinski definition) is 6. The summed E-state index contributed by atoms with van der Waals surface area (Å²) in [5.41, 5.74) is 2.47. The average molecular weight is 460 g/mol. The van der Waals surface area contributed by atoms with Crippen molar-refractivity contribution in [3.8, 4) is 11.5 Å².